The molecule has 1 aliphatic heterocycles. The summed E-state index contributed by atoms with van der Waals surface area (Å²) in [6, 6.07) is 0. The van der Waals surface area contributed by atoms with Gasteiger partial charge in [0.15, 0.2) is 0 Å². The Morgan fingerprint density at radius 1 is 1.36 bits per heavy atom. The smallest absolute Gasteiger partial charge is 0.0594 e. The van der Waals surface area contributed by atoms with Gasteiger partial charge >= 0.3 is 0 Å². The normalized spacial score (nSPS) is 22.1. The summed E-state index contributed by atoms with van der Waals surface area (Å²) < 4.78 is 5.23. The molecule has 2 nitrogen and oxygen atoms in total. The number of ether oxygens (including phenoxy) is 1. The van der Waals surface area contributed by atoms with Gasteiger partial charge in [0.2, 0.25) is 0 Å². The second-order valence-corrected chi connectivity index (χ2v) is 4.07. The zero-order chi connectivity index (χ0) is 8.32. The van der Waals surface area contributed by atoms with Gasteiger partial charge in [0.05, 0.1) is 5.60 Å². The molecule has 0 bridgehead atoms. The standard InChI is InChI=1S/C9H18O2/c1-9(2,10)7-8-3-5-11-6-4-8/h8,10H,3-7H2,1-2H3. The number of rotatable bonds is 2. The molecule has 2 heteroatoms. The van der Waals surface area contributed by atoms with Crippen molar-refractivity contribution in [2.75, 3.05) is 13.2 Å². The van der Waals surface area contributed by atoms with Crippen LogP contribution in [0.5, 0.6) is 0 Å². The Labute approximate surface area is 68.6 Å². The quantitative estimate of drug-likeness (QED) is 0.661. The highest BCUT2D eigenvalue weighted by Crippen LogP contribution is 2.24. The van der Waals surface area contributed by atoms with Gasteiger partial charge < -0.3 is 9.84 Å². The van der Waals surface area contributed by atoms with Crippen LogP contribution in [0, 0.1) is 5.92 Å². The third kappa shape index (κ3) is 3.73. The van der Waals surface area contributed by atoms with Crippen LogP contribution in [0.2, 0.25) is 0 Å². The van der Waals surface area contributed by atoms with Crippen molar-refractivity contribution in [1.29, 1.82) is 0 Å². The van der Waals surface area contributed by atoms with Crippen LogP contribution < -0.4 is 0 Å². The van der Waals surface area contributed by atoms with Gasteiger partial charge in [-0.1, -0.05) is 0 Å². The molecular weight excluding hydrogens is 140 g/mol. The van der Waals surface area contributed by atoms with Crippen molar-refractivity contribution in [3.63, 3.8) is 0 Å². The fourth-order valence-electron chi connectivity index (χ4n) is 1.66. The molecule has 1 N–H and O–H groups in total. The third-order valence-electron chi connectivity index (χ3n) is 2.13. The van der Waals surface area contributed by atoms with Gasteiger partial charge in [-0.15, -0.1) is 0 Å². The monoisotopic (exact) mass is 158 g/mol. The second-order valence-electron chi connectivity index (χ2n) is 4.07. The van der Waals surface area contributed by atoms with Crippen LogP contribution in [0.15, 0.2) is 0 Å². The number of aliphatic hydroxyl groups is 1. The number of hydrogen-bond acceptors (Lipinski definition) is 2. The summed E-state index contributed by atoms with van der Waals surface area (Å²) >= 11 is 0. The van der Waals surface area contributed by atoms with Crippen molar-refractivity contribution in [1.82, 2.24) is 0 Å². The molecule has 0 amide bonds. The van der Waals surface area contributed by atoms with Crippen molar-refractivity contribution in [3.05, 3.63) is 0 Å². The fraction of sp³-hybridized carbons (Fsp3) is 1.00. The lowest BCUT2D eigenvalue weighted by molar-refractivity contribution is 0.0110. The predicted octanol–water partition coefficient (Wildman–Crippen LogP) is 1.57. The van der Waals surface area contributed by atoms with Gasteiger partial charge in [-0.2, -0.15) is 0 Å². The van der Waals surface area contributed by atoms with Crippen LogP contribution >= 0.6 is 0 Å². The van der Waals surface area contributed by atoms with Gasteiger partial charge in [-0.25, -0.2) is 0 Å². The molecule has 66 valence electrons. The second kappa shape index (κ2) is 3.55. The Bertz CT molecular complexity index is 109. The fourth-order valence-corrected chi connectivity index (χ4v) is 1.66. The summed E-state index contributed by atoms with van der Waals surface area (Å²) in [6.45, 7) is 5.51. The molecule has 0 aromatic heterocycles. The average molecular weight is 158 g/mol. The molecule has 0 aromatic carbocycles. The summed E-state index contributed by atoms with van der Waals surface area (Å²) in [4.78, 5) is 0. The Kier molecular flexibility index (Phi) is 2.90. The van der Waals surface area contributed by atoms with E-state index in [9.17, 15) is 5.11 Å². The van der Waals surface area contributed by atoms with E-state index in [4.69, 9.17) is 4.74 Å². The molecule has 0 aliphatic carbocycles. The minimum atomic E-state index is -0.498. The molecule has 1 fully saturated rings. The van der Waals surface area contributed by atoms with E-state index in [-0.39, 0.29) is 0 Å². The van der Waals surface area contributed by atoms with E-state index >= 15 is 0 Å². The van der Waals surface area contributed by atoms with Crippen LogP contribution in [-0.4, -0.2) is 23.9 Å². The highest BCUT2D eigenvalue weighted by atomic mass is 16.5. The van der Waals surface area contributed by atoms with Crippen LogP contribution in [0.1, 0.15) is 33.1 Å². The van der Waals surface area contributed by atoms with E-state index in [1.54, 1.807) is 0 Å². The van der Waals surface area contributed by atoms with Crippen LogP contribution in [-0.2, 0) is 4.74 Å². The summed E-state index contributed by atoms with van der Waals surface area (Å²) in [5.74, 6) is 0.670. The zero-order valence-corrected chi connectivity index (χ0v) is 7.47. The van der Waals surface area contributed by atoms with E-state index in [2.05, 4.69) is 0 Å². The highest BCUT2D eigenvalue weighted by Gasteiger charge is 2.21. The van der Waals surface area contributed by atoms with Crippen molar-refractivity contribution in [2.45, 2.75) is 38.7 Å². The van der Waals surface area contributed by atoms with E-state index in [1.807, 2.05) is 13.8 Å². The summed E-state index contributed by atoms with van der Waals surface area (Å²) in [5.41, 5.74) is -0.498. The highest BCUT2D eigenvalue weighted by molar-refractivity contribution is 4.73. The van der Waals surface area contributed by atoms with Gasteiger partial charge in [0.1, 0.15) is 0 Å². The molecule has 0 aromatic rings. The molecule has 0 radical (unpaired) electrons. The van der Waals surface area contributed by atoms with Crippen LogP contribution in [0.4, 0.5) is 0 Å². The van der Waals surface area contributed by atoms with Crippen LogP contribution in [0.3, 0.4) is 0 Å². The minimum Gasteiger partial charge on any atom is -0.390 e. The first kappa shape index (κ1) is 9.01. The van der Waals surface area contributed by atoms with Gasteiger partial charge in [0.25, 0.3) is 0 Å². The average Bonchev–Trinajstić information content (AvgIpc) is 1.85. The maximum absolute atomic E-state index is 9.53. The largest absolute Gasteiger partial charge is 0.390 e. The molecule has 1 rings (SSSR count). The third-order valence-corrected chi connectivity index (χ3v) is 2.13. The first-order valence-electron chi connectivity index (χ1n) is 4.38. The molecule has 11 heavy (non-hydrogen) atoms. The molecule has 1 heterocycles. The zero-order valence-electron chi connectivity index (χ0n) is 7.47. The van der Waals surface area contributed by atoms with Crippen molar-refractivity contribution < 1.29 is 9.84 Å². The lowest BCUT2D eigenvalue weighted by atomic mass is 9.88. The van der Waals surface area contributed by atoms with Crippen molar-refractivity contribution in [2.24, 2.45) is 5.92 Å². The molecule has 0 saturated carbocycles. The molecule has 0 atom stereocenters. The lowest BCUT2D eigenvalue weighted by Gasteiger charge is -2.27. The summed E-state index contributed by atoms with van der Waals surface area (Å²) in [5, 5.41) is 9.53. The maximum atomic E-state index is 9.53. The van der Waals surface area contributed by atoms with Gasteiger partial charge in [-0.3, -0.25) is 0 Å². The van der Waals surface area contributed by atoms with E-state index < -0.39 is 5.60 Å². The van der Waals surface area contributed by atoms with Gasteiger partial charge in [-0.05, 0) is 39.0 Å². The van der Waals surface area contributed by atoms with E-state index in [0.29, 0.717) is 5.92 Å². The molecule has 0 unspecified atom stereocenters. The first-order chi connectivity index (χ1) is 5.08. The first-order valence-corrected chi connectivity index (χ1v) is 4.38. The summed E-state index contributed by atoms with van der Waals surface area (Å²) in [6.07, 6.45) is 3.14. The van der Waals surface area contributed by atoms with E-state index in [0.717, 1.165) is 32.5 Å². The minimum absolute atomic E-state index is 0.498. The molecule has 1 saturated heterocycles. The van der Waals surface area contributed by atoms with Crippen LogP contribution in [0.25, 0.3) is 0 Å². The Balaban J connectivity index is 2.24. The predicted molar refractivity (Wildman–Crippen MR) is 44.5 cm³/mol. The summed E-state index contributed by atoms with van der Waals surface area (Å²) in [7, 11) is 0. The molecule has 1 aliphatic rings. The number of hydrogen-bond donors (Lipinski definition) is 1. The molecule has 0 spiro atoms. The maximum Gasteiger partial charge on any atom is 0.0594 e. The Morgan fingerprint density at radius 3 is 2.36 bits per heavy atom. The van der Waals surface area contributed by atoms with Crippen molar-refractivity contribution >= 4 is 0 Å². The van der Waals surface area contributed by atoms with Crippen molar-refractivity contribution in [3.8, 4) is 0 Å². The Hall–Kier alpha value is -0.0800. The topological polar surface area (TPSA) is 29.5 Å². The van der Waals surface area contributed by atoms with E-state index in [1.165, 1.54) is 0 Å². The Morgan fingerprint density at radius 2 is 1.91 bits per heavy atom. The van der Waals surface area contributed by atoms with Gasteiger partial charge in [0, 0.05) is 13.2 Å². The molecular formula is C9H18O2. The lowest BCUT2D eigenvalue weighted by Crippen LogP contribution is -2.26. The SMILES string of the molecule is CC(C)(O)CC1CCOCC1.